The normalized spacial score (nSPS) is 19.3. The Labute approximate surface area is 443 Å². The summed E-state index contributed by atoms with van der Waals surface area (Å²) in [7, 11) is 0. The zero-order chi connectivity index (χ0) is 52.4. The van der Waals surface area contributed by atoms with E-state index >= 15 is 0 Å². The number of piperazine rings is 1. The number of nitrogens with zero attached hydrogens (tertiary/aromatic N) is 9. The third kappa shape index (κ3) is 12.1. The Bertz CT molecular complexity index is 2790. The first-order valence-corrected chi connectivity index (χ1v) is 27.7. The van der Waals surface area contributed by atoms with Gasteiger partial charge in [-0.15, -0.1) is 32.9 Å². The predicted molar refractivity (Wildman–Crippen MR) is 292 cm³/mol. The highest BCUT2D eigenvalue weighted by Crippen LogP contribution is 2.50. The molecule has 10 rings (SSSR count). The van der Waals surface area contributed by atoms with Crippen molar-refractivity contribution >= 4 is 64.1 Å². The number of fused-ring (bicyclic) bond motifs is 3. The van der Waals surface area contributed by atoms with Crippen molar-refractivity contribution in [2.75, 3.05) is 52.4 Å². The lowest BCUT2D eigenvalue weighted by Gasteiger charge is -2.61. The maximum atomic E-state index is 13.2. The number of aryl methyl sites for hydroxylation is 3. The Balaban J connectivity index is 0.000000155. The van der Waals surface area contributed by atoms with Crippen molar-refractivity contribution < 1.29 is 19.2 Å². The van der Waals surface area contributed by atoms with Gasteiger partial charge < -0.3 is 20.4 Å². The van der Waals surface area contributed by atoms with Gasteiger partial charge in [0.2, 0.25) is 24.1 Å². The number of carbonyl (C=O) groups is 4. The smallest absolute Gasteiger partial charge is 0.245 e. The summed E-state index contributed by atoms with van der Waals surface area (Å²) in [4.78, 5) is 68.2. The Morgan fingerprint density at radius 1 is 0.932 bits per heavy atom. The Kier molecular flexibility index (Phi) is 16.7. The molecule has 15 nitrogen and oxygen atoms in total. The first-order valence-electron chi connectivity index (χ1n) is 25.6. The molecule has 0 radical (unpaired) electrons. The molecule has 1 saturated carbocycles. The van der Waals surface area contributed by atoms with Crippen molar-refractivity contribution in [2.24, 2.45) is 15.8 Å². The van der Waals surface area contributed by atoms with Crippen LogP contribution in [0.2, 0.25) is 5.02 Å². The van der Waals surface area contributed by atoms with Crippen LogP contribution in [0.5, 0.6) is 0 Å². The van der Waals surface area contributed by atoms with Crippen molar-refractivity contribution in [1.82, 2.24) is 50.0 Å². The van der Waals surface area contributed by atoms with Crippen LogP contribution < -0.4 is 10.6 Å². The molecule has 5 aromatic rings. The molecule has 5 aliphatic rings. The summed E-state index contributed by atoms with van der Waals surface area (Å²) >= 11 is 9.45. The standard InChI is InChI=1S/C25H43N5O3.C17H15ClN4S.C13H14N2OS/c1-18-7-6-8-30(18)23(33)22(24(3,4)5)26-21(32)15-27-9-11-28(12-10-27)20-13-25(14-20)16-29(17-25)19(2)31;1-9-10(2)23-17-15(9)16(12-4-6-13(18)7-5-12)19-8-14-21-20-11(3)22(14)17;1-9(14-7-16)11-3-5-12(6-4-11)13-10(2)15-8-17-13/h18,20,22H,6-17H2,1-5H3,(H,26,32);4-7H,8H2,1-3H3;3-9H,1-2H3,(H,14,16). The summed E-state index contributed by atoms with van der Waals surface area (Å²) in [5, 5.41) is 16.2. The fourth-order valence-electron chi connectivity index (χ4n) is 10.8. The molecule has 73 heavy (non-hydrogen) atoms. The predicted octanol–water partition coefficient (Wildman–Crippen LogP) is 8.34. The summed E-state index contributed by atoms with van der Waals surface area (Å²) in [5.41, 5.74) is 9.77. The third-order valence-corrected chi connectivity index (χ3v) is 17.7. The highest BCUT2D eigenvalue weighted by molar-refractivity contribution is 7.15. The average molecular weight is 1050 g/mol. The minimum Gasteiger partial charge on any atom is -0.352 e. The molecular formula is C55H72ClN11O4S2. The molecule has 3 atom stereocenters. The fourth-order valence-corrected chi connectivity index (χ4v) is 13.0. The summed E-state index contributed by atoms with van der Waals surface area (Å²) < 4.78 is 2.13. The molecule has 3 unspecified atom stereocenters. The zero-order valence-electron chi connectivity index (χ0n) is 44.1. The Morgan fingerprint density at radius 3 is 2.19 bits per heavy atom. The topological polar surface area (TPSA) is 161 Å². The van der Waals surface area contributed by atoms with Crippen LogP contribution in [-0.2, 0) is 25.7 Å². The van der Waals surface area contributed by atoms with E-state index in [-0.39, 0.29) is 35.2 Å². The molecule has 18 heteroatoms. The van der Waals surface area contributed by atoms with Gasteiger partial charge in [-0.3, -0.25) is 38.5 Å². The van der Waals surface area contributed by atoms with Crippen molar-refractivity contribution in [3.63, 3.8) is 0 Å². The lowest BCUT2D eigenvalue weighted by molar-refractivity contribution is -0.156. The van der Waals surface area contributed by atoms with Crippen molar-refractivity contribution in [2.45, 2.75) is 126 Å². The number of halogens is 1. The molecule has 0 bridgehead atoms. The van der Waals surface area contributed by atoms with Gasteiger partial charge in [0.1, 0.15) is 23.4 Å². The number of thiophene rings is 1. The summed E-state index contributed by atoms with van der Waals surface area (Å²) in [5.74, 6) is 1.99. The second-order valence-electron chi connectivity index (χ2n) is 21.7. The average Bonchev–Trinajstić information content (AvgIpc) is 4.10. The quantitative estimate of drug-likeness (QED) is 0.131. The van der Waals surface area contributed by atoms with E-state index < -0.39 is 6.04 Å². The van der Waals surface area contributed by atoms with Crippen LogP contribution >= 0.6 is 34.3 Å². The molecule has 4 amide bonds. The van der Waals surface area contributed by atoms with Crippen LogP contribution in [0.1, 0.15) is 118 Å². The number of rotatable bonds is 10. The number of nitrogens with one attached hydrogen (secondary N) is 2. The van der Waals surface area contributed by atoms with Crippen molar-refractivity contribution in [3.8, 4) is 15.4 Å². The van der Waals surface area contributed by atoms with Gasteiger partial charge in [0.05, 0.1) is 34.4 Å². The lowest BCUT2D eigenvalue weighted by atomic mass is 9.60. The van der Waals surface area contributed by atoms with E-state index in [4.69, 9.17) is 16.6 Å². The number of thiazole rings is 1. The second kappa shape index (κ2) is 22.6. The van der Waals surface area contributed by atoms with E-state index in [9.17, 15) is 19.2 Å². The first-order chi connectivity index (χ1) is 34.7. The van der Waals surface area contributed by atoms with Gasteiger partial charge in [0.25, 0.3) is 0 Å². The lowest BCUT2D eigenvalue weighted by Crippen LogP contribution is -2.68. The van der Waals surface area contributed by atoms with Crippen LogP contribution in [0.4, 0.5) is 0 Å². The second-order valence-corrected chi connectivity index (χ2v) is 24.2. The van der Waals surface area contributed by atoms with Gasteiger partial charge in [0, 0.05) is 91.3 Å². The zero-order valence-corrected chi connectivity index (χ0v) is 46.5. The van der Waals surface area contributed by atoms with Gasteiger partial charge in [0.15, 0.2) is 5.82 Å². The maximum absolute atomic E-state index is 13.2. The molecule has 1 aliphatic carbocycles. The van der Waals surface area contributed by atoms with E-state index in [2.05, 4.69) is 73.1 Å². The van der Waals surface area contributed by atoms with Crippen LogP contribution in [0.25, 0.3) is 15.4 Å². The fraction of sp³-hybridized carbons (Fsp3) is 0.527. The minimum atomic E-state index is -0.491. The number of hydrogen-bond acceptors (Lipinski definition) is 12. The monoisotopic (exact) mass is 1050 g/mol. The van der Waals surface area contributed by atoms with E-state index in [0.717, 1.165) is 109 Å². The number of carbonyl (C=O) groups excluding carboxylic acids is 4. The highest BCUT2D eigenvalue weighted by atomic mass is 35.5. The molecular weight excluding hydrogens is 978 g/mol. The van der Waals surface area contributed by atoms with Crippen LogP contribution in [0, 0.1) is 38.5 Å². The SMILES string of the molecule is CC(=O)N1CC2(CC(N3CCN(CC(=O)NC(C(=O)N4CCCC4C)C(C)(C)C)CC3)C2)C1.Cc1ncsc1-c1ccc(C(C)NC=O)cc1.Cc1sc2c(c1C)C(c1ccc(Cl)cc1)=NCc1nnc(C)n1-2. The van der Waals surface area contributed by atoms with Crippen molar-refractivity contribution in [3.05, 3.63) is 104 Å². The first kappa shape index (κ1) is 53.9. The van der Waals surface area contributed by atoms with Gasteiger partial charge in [-0.05, 0) is 101 Å². The molecule has 390 valence electrons. The molecule has 2 aromatic carbocycles. The van der Waals surface area contributed by atoms with E-state index in [0.29, 0.717) is 24.5 Å². The molecule has 4 aliphatic heterocycles. The molecule has 3 saturated heterocycles. The molecule has 7 heterocycles. The number of benzene rings is 2. The van der Waals surface area contributed by atoms with Gasteiger partial charge in [-0.2, -0.15) is 0 Å². The van der Waals surface area contributed by atoms with Gasteiger partial charge >= 0.3 is 0 Å². The molecule has 1 spiro atoms. The Morgan fingerprint density at radius 2 is 1.60 bits per heavy atom. The summed E-state index contributed by atoms with van der Waals surface area (Å²) in [6, 6.07) is 16.5. The minimum absolute atomic E-state index is 0.0455. The molecule has 2 N–H and O–H groups in total. The number of hydrogen-bond donors (Lipinski definition) is 2. The van der Waals surface area contributed by atoms with Gasteiger partial charge in [-0.25, -0.2) is 4.98 Å². The van der Waals surface area contributed by atoms with E-state index in [1.54, 1.807) is 29.6 Å². The van der Waals surface area contributed by atoms with Crippen LogP contribution in [0.15, 0.2) is 59.0 Å². The van der Waals surface area contributed by atoms with E-state index in [1.165, 1.54) is 39.3 Å². The number of aromatic nitrogens is 4. The number of aliphatic imine (C=N–C) groups is 1. The van der Waals surface area contributed by atoms with Crippen molar-refractivity contribution in [1.29, 1.82) is 0 Å². The Hall–Kier alpha value is -5.33. The number of amides is 4. The van der Waals surface area contributed by atoms with E-state index in [1.807, 2.05) is 93.3 Å². The molecule has 4 fully saturated rings. The summed E-state index contributed by atoms with van der Waals surface area (Å²) in [6.07, 6.45) is 5.20. The largest absolute Gasteiger partial charge is 0.352 e. The van der Waals surface area contributed by atoms with Gasteiger partial charge in [-0.1, -0.05) is 68.8 Å². The maximum Gasteiger partial charge on any atom is 0.245 e. The summed E-state index contributed by atoms with van der Waals surface area (Å²) in [6.45, 7) is 27.4. The third-order valence-electron chi connectivity index (χ3n) is 15.3. The van der Waals surface area contributed by atoms with Crippen LogP contribution in [0.3, 0.4) is 0 Å². The highest BCUT2D eigenvalue weighted by Gasteiger charge is 2.54. The number of likely N-dealkylation sites (tertiary alicyclic amines) is 2. The molecule has 3 aromatic heterocycles. The van der Waals surface area contributed by atoms with Crippen LogP contribution in [-0.4, -0.2) is 140 Å².